The Labute approximate surface area is 109 Å². The Balaban J connectivity index is 2.13. The van der Waals surface area contributed by atoms with Crippen LogP contribution in [0.5, 0.6) is 0 Å². The van der Waals surface area contributed by atoms with Crippen LogP contribution in [-0.4, -0.2) is 46.3 Å². The number of hydrogen-bond acceptors (Lipinski definition) is 4. The third kappa shape index (κ3) is 2.62. The van der Waals surface area contributed by atoms with E-state index in [1.165, 1.54) is 11.1 Å². The van der Waals surface area contributed by atoms with Crippen LogP contribution in [-0.2, 0) is 4.79 Å². The number of rotatable bonds is 2. The van der Waals surface area contributed by atoms with Crippen molar-refractivity contribution < 1.29 is 9.59 Å². The van der Waals surface area contributed by atoms with Gasteiger partial charge in [0.05, 0.1) is 6.54 Å². The molecule has 1 aromatic heterocycles. The van der Waals surface area contributed by atoms with E-state index in [9.17, 15) is 9.59 Å². The lowest BCUT2D eigenvalue weighted by atomic mass is 10.2. The summed E-state index contributed by atoms with van der Waals surface area (Å²) in [6.07, 6.45) is 1.46. The Morgan fingerprint density at radius 1 is 1.50 bits per heavy atom. The van der Waals surface area contributed by atoms with Crippen molar-refractivity contribution >= 4 is 29.0 Å². The van der Waals surface area contributed by atoms with E-state index in [2.05, 4.69) is 10.3 Å². The number of aromatic nitrogens is 1. The highest BCUT2D eigenvalue weighted by molar-refractivity contribution is 7.80. The average molecular weight is 264 g/mol. The SMILES string of the molecule is NC(=S)c1ccc(C(=O)N2CCNC(=O)C2)nc1. The van der Waals surface area contributed by atoms with Crippen molar-refractivity contribution in [2.24, 2.45) is 5.73 Å². The molecule has 2 amide bonds. The number of thiocarbonyl (C=S) groups is 1. The molecule has 18 heavy (non-hydrogen) atoms. The molecular weight excluding hydrogens is 252 g/mol. The van der Waals surface area contributed by atoms with Crippen molar-refractivity contribution in [2.75, 3.05) is 19.6 Å². The van der Waals surface area contributed by atoms with Crippen LogP contribution in [0.1, 0.15) is 16.1 Å². The molecule has 1 aromatic rings. The van der Waals surface area contributed by atoms with Crippen LogP contribution in [0.3, 0.4) is 0 Å². The summed E-state index contributed by atoms with van der Waals surface area (Å²) < 4.78 is 0. The lowest BCUT2D eigenvalue weighted by molar-refractivity contribution is -0.123. The van der Waals surface area contributed by atoms with Crippen molar-refractivity contribution in [2.45, 2.75) is 0 Å². The first-order chi connectivity index (χ1) is 8.58. The van der Waals surface area contributed by atoms with Gasteiger partial charge in [-0.05, 0) is 12.1 Å². The fraction of sp³-hybridized carbons (Fsp3) is 0.273. The summed E-state index contributed by atoms with van der Waals surface area (Å²) in [5.74, 6) is -0.423. The van der Waals surface area contributed by atoms with E-state index in [-0.39, 0.29) is 29.0 Å². The molecule has 7 heteroatoms. The number of carbonyl (C=O) groups excluding carboxylic acids is 2. The van der Waals surface area contributed by atoms with Gasteiger partial charge in [0, 0.05) is 24.8 Å². The second-order valence-electron chi connectivity index (χ2n) is 3.87. The van der Waals surface area contributed by atoms with Crippen LogP contribution >= 0.6 is 12.2 Å². The number of nitrogens with one attached hydrogen (secondary N) is 1. The summed E-state index contributed by atoms with van der Waals surface area (Å²) in [5.41, 5.74) is 6.34. The number of nitrogens with two attached hydrogens (primary N) is 1. The van der Waals surface area contributed by atoms with E-state index in [0.717, 1.165) is 0 Å². The van der Waals surface area contributed by atoms with Crippen LogP contribution in [0, 0.1) is 0 Å². The highest BCUT2D eigenvalue weighted by Crippen LogP contribution is 2.05. The van der Waals surface area contributed by atoms with Crippen molar-refractivity contribution in [3.8, 4) is 0 Å². The highest BCUT2D eigenvalue weighted by atomic mass is 32.1. The molecule has 1 aliphatic heterocycles. The van der Waals surface area contributed by atoms with Gasteiger partial charge in [-0.2, -0.15) is 0 Å². The van der Waals surface area contributed by atoms with Gasteiger partial charge in [-0.1, -0.05) is 12.2 Å². The zero-order valence-electron chi connectivity index (χ0n) is 9.55. The maximum atomic E-state index is 12.0. The Morgan fingerprint density at radius 3 is 2.83 bits per heavy atom. The molecule has 0 radical (unpaired) electrons. The minimum absolute atomic E-state index is 0.0670. The number of pyridine rings is 1. The van der Waals surface area contributed by atoms with Gasteiger partial charge in [0.2, 0.25) is 5.91 Å². The molecule has 2 rings (SSSR count). The van der Waals surface area contributed by atoms with Crippen LogP contribution in [0.4, 0.5) is 0 Å². The van der Waals surface area contributed by atoms with E-state index in [4.69, 9.17) is 18.0 Å². The number of hydrogen-bond donors (Lipinski definition) is 2. The number of amides is 2. The molecule has 0 aliphatic carbocycles. The summed E-state index contributed by atoms with van der Waals surface area (Å²) in [6.45, 7) is 1.02. The van der Waals surface area contributed by atoms with E-state index >= 15 is 0 Å². The predicted octanol–water partition coefficient (Wildman–Crippen LogP) is -0.712. The normalized spacial score (nSPS) is 15.1. The van der Waals surface area contributed by atoms with E-state index in [0.29, 0.717) is 18.7 Å². The molecule has 0 spiro atoms. The molecule has 0 bridgehead atoms. The van der Waals surface area contributed by atoms with Crippen molar-refractivity contribution in [3.05, 3.63) is 29.6 Å². The molecule has 3 N–H and O–H groups in total. The lowest BCUT2D eigenvalue weighted by Gasteiger charge is -2.26. The molecule has 94 valence electrons. The Morgan fingerprint density at radius 2 is 2.28 bits per heavy atom. The third-order valence-corrected chi connectivity index (χ3v) is 2.83. The van der Waals surface area contributed by atoms with Crippen LogP contribution in [0.25, 0.3) is 0 Å². The minimum atomic E-state index is -0.265. The van der Waals surface area contributed by atoms with Crippen LogP contribution < -0.4 is 11.1 Å². The molecule has 6 nitrogen and oxygen atoms in total. The fourth-order valence-corrected chi connectivity index (χ4v) is 1.76. The second kappa shape index (κ2) is 5.09. The first-order valence-corrected chi connectivity index (χ1v) is 5.80. The summed E-state index contributed by atoms with van der Waals surface area (Å²) in [6, 6.07) is 3.20. The van der Waals surface area contributed by atoms with Gasteiger partial charge in [0.1, 0.15) is 10.7 Å². The summed E-state index contributed by atoms with van der Waals surface area (Å²) in [7, 11) is 0. The number of piperazine rings is 1. The highest BCUT2D eigenvalue weighted by Gasteiger charge is 2.22. The van der Waals surface area contributed by atoms with Gasteiger partial charge in [-0.3, -0.25) is 14.6 Å². The molecule has 2 heterocycles. The molecular formula is C11H12N4O2S. The second-order valence-corrected chi connectivity index (χ2v) is 4.31. The maximum Gasteiger partial charge on any atom is 0.272 e. The zero-order chi connectivity index (χ0) is 13.1. The monoisotopic (exact) mass is 264 g/mol. The fourth-order valence-electron chi connectivity index (χ4n) is 1.64. The van der Waals surface area contributed by atoms with Crippen LogP contribution in [0.2, 0.25) is 0 Å². The Bertz CT molecular complexity index is 500. The average Bonchev–Trinajstić information content (AvgIpc) is 2.38. The summed E-state index contributed by atoms with van der Waals surface area (Å²) in [5, 5.41) is 2.66. The van der Waals surface area contributed by atoms with Crippen molar-refractivity contribution in [1.29, 1.82) is 0 Å². The smallest absolute Gasteiger partial charge is 0.272 e. The van der Waals surface area contributed by atoms with Crippen LogP contribution in [0.15, 0.2) is 18.3 Å². The molecule has 0 atom stereocenters. The van der Waals surface area contributed by atoms with Gasteiger partial charge in [-0.25, -0.2) is 0 Å². The largest absolute Gasteiger partial charge is 0.389 e. The van der Waals surface area contributed by atoms with E-state index in [1.807, 2.05) is 0 Å². The molecule has 1 fully saturated rings. The maximum absolute atomic E-state index is 12.0. The summed E-state index contributed by atoms with van der Waals surface area (Å²) >= 11 is 4.80. The van der Waals surface area contributed by atoms with Gasteiger partial charge in [-0.15, -0.1) is 0 Å². The third-order valence-electron chi connectivity index (χ3n) is 2.59. The van der Waals surface area contributed by atoms with Crippen molar-refractivity contribution in [3.63, 3.8) is 0 Å². The number of nitrogens with zero attached hydrogens (tertiary/aromatic N) is 2. The van der Waals surface area contributed by atoms with Gasteiger partial charge < -0.3 is 16.0 Å². The Hall–Kier alpha value is -2.02. The Kier molecular flexibility index (Phi) is 3.52. The van der Waals surface area contributed by atoms with Crippen molar-refractivity contribution in [1.82, 2.24) is 15.2 Å². The quantitative estimate of drug-likeness (QED) is 0.689. The first kappa shape index (κ1) is 12.4. The van der Waals surface area contributed by atoms with Gasteiger partial charge >= 0.3 is 0 Å². The van der Waals surface area contributed by atoms with E-state index < -0.39 is 0 Å². The predicted molar refractivity (Wildman–Crippen MR) is 69.0 cm³/mol. The molecule has 1 saturated heterocycles. The van der Waals surface area contributed by atoms with Gasteiger partial charge in [0.25, 0.3) is 5.91 Å². The van der Waals surface area contributed by atoms with E-state index in [1.54, 1.807) is 12.1 Å². The molecule has 0 saturated carbocycles. The zero-order valence-corrected chi connectivity index (χ0v) is 10.4. The topological polar surface area (TPSA) is 88.3 Å². The first-order valence-electron chi connectivity index (χ1n) is 5.40. The standard InChI is InChI=1S/C11H12N4O2S/c12-10(18)7-1-2-8(14-5-7)11(17)15-4-3-13-9(16)6-15/h1-2,5H,3-4,6H2,(H2,12,18)(H,13,16). The summed E-state index contributed by atoms with van der Waals surface area (Å²) in [4.78, 5) is 28.9. The molecule has 1 aliphatic rings. The van der Waals surface area contributed by atoms with Gasteiger partial charge in [0.15, 0.2) is 0 Å². The number of carbonyl (C=O) groups is 2. The molecule has 0 aromatic carbocycles. The lowest BCUT2D eigenvalue weighted by Crippen LogP contribution is -2.50. The molecule has 0 unspecified atom stereocenters. The minimum Gasteiger partial charge on any atom is -0.389 e.